The van der Waals surface area contributed by atoms with Crippen molar-refractivity contribution >= 4 is 27.3 Å². The van der Waals surface area contributed by atoms with Crippen molar-refractivity contribution in [2.75, 3.05) is 24.4 Å². The van der Waals surface area contributed by atoms with Gasteiger partial charge >= 0.3 is 0 Å². The molecule has 16 heavy (non-hydrogen) atoms. The molecule has 0 spiro atoms. The lowest BCUT2D eigenvalue weighted by atomic mass is 9.98. The van der Waals surface area contributed by atoms with Gasteiger partial charge in [0, 0.05) is 18.7 Å². The van der Waals surface area contributed by atoms with Crippen LogP contribution in [0.15, 0.2) is 0 Å². The van der Waals surface area contributed by atoms with Gasteiger partial charge in [-0.3, -0.25) is 4.79 Å². The van der Waals surface area contributed by atoms with Gasteiger partial charge in [0.25, 0.3) is 0 Å². The first-order chi connectivity index (χ1) is 7.42. The quantitative estimate of drug-likeness (QED) is 0.750. The minimum Gasteiger partial charge on any atom is -0.355 e. The van der Waals surface area contributed by atoms with E-state index < -0.39 is 21.5 Å². The van der Waals surface area contributed by atoms with Crippen molar-refractivity contribution in [3.63, 3.8) is 0 Å². The number of amides is 1. The molecule has 2 atom stereocenters. The second kappa shape index (κ2) is 5.87. The molecule has 1 N–H and O–H groups in total. The fourth-order valence-electron chi connectivity index (χ4n) is 2.12. The molecule has 1 aliphatic carbocycles. The summed E-state index contributed by atoms with van der Waals surface area (Å²) in [7, 11) is -3.23. The zero-order valence-corrected chi connectivity index (χ0v) is 11.0. The van der Waals surface area contributed by atoms with E-state index in [4.69, 9.17) is 11.6 Å². The third kappa shape index (κ3) is 4.70. The second-order valence-electron chi connectivity index (χ2n) is 4.48. The van der Waals surface area contributed by atoms with Crippen LogP contribution in [-0.2, 0) is 14.6 Å². The van der Waals surface area contributed by atoms with Gasteiger partial charge in [0.05, 0.1) is 0 Å². The van der Waals surface area contributed by atoms with Gasteiger partial charge in [-0.05, 0) is 24.7 Å². The number of carbonyl (C=O) groups is 1. The Morgan fingerprint density at radius 3 is 2.56 bits per heavy atom. The van der Waals surface area contributed by atoms with E-state index in [2.05, 4.69) is 5.32 Å². The molecule has 1 saturated carbocycles. The molecular weight excluding hydrogens is 250 g/mol. The van der Waals surface area contributed by atoms with Gasteiger partial charge in [-0.25, -0.2) is 8.42 Å². The van der Waals surface area contributed by atoms with E-state index in [-0.39, 0.29) is 0 Å². The summed E-state index contributed by atoms with van der Waals surface area (Å²) in [6, 6.07) is 0. The highest BCUT2D eigenvalue weighted by Crippen LogP contribution is 2.31. The SMILES string of the molecule is CS(=O)(=O)CC(=O)NCC1CCCC1CCl. The van der Waals surface area contributed by atoms with E-state index in [1.807, 2.05) is 0 Å². The topological polar surface area (TPSA) is 63.2 Å². The van der Waals surface area contributed by atoms with Crippen molar-refractivity contribution < 1.29 is 13.2 Å². The molecule has 1 aliphatic rings. The summed E-state index contributed by atoms with van der Waals surface area (Å²) in [5.74, 6) is 0.640. The van der Waals surface area contributed by atoms with Crippen molar-refractivity contribution in [3.8, 4) is 0 Å². The van der Waals surface area contributed by atoms with Gasteiger partial charge in [-0.15, -0.1) is 11.6 Å². The number of hydrogen-bond donors (Lipinski definition) is 1. The Hall–Kier alpha value is -0.290. The Balaban J connectivity index is 2.31. The third-order valence-corrected chi connectivity index (χ3v) is 4.15. The summed E-state index contributed by atoms with van der Waals surface area (Å²) in [6.45, 7) is 0.547. The van der Waals surface area contributed by atoms with Crippen LogP contribution < -0.4 is 5.32 Å². The summed E-state index contributed by atoms with van der Waals surface area (Å²) >= 11 is 5.82. The first kappa shape index (κ1) is 13.8. The number of rotatable bonds is 5. The van der Waals surface area contributed by atoms with Crippen LogP contribution in [0.1, 0.15) is 19.3 Å². The Labute approximate surface area is 102 Å². The predicted molar refractivity (Wildman–Crippen MR) is 64.3 cm³/mol. The van der Waals surface area contributed by atoms with Crippen molar-refractivity contribution in [3.05, 3.63) is 0 Å². The van der Waals surface area contributed by atoms with E-state index >= 15 is 0 Å². The number of alkyl halides is 1. The molecule has 0 radical (unpaired) electrons. The summed E-state index contributed by atoms with van der Waals surface area (Å²) in [5.41, 5.74) is 0. The molecular formula is C10H18ClNO3S. The highest BCUT2D eigenvalue weighted by molar-refractivity contribution is 7.91. The van der Waals surface area contributed by atoms with E-state index in [0.717, 1.165) is 25.5 Å². The van der Waals surface area contributed by atoms with Crippen molar-refractivity contribution in [2.45, 2.75) is 19.3 Å². The van der Waals surface area contributed by atoms with E-state index in [1.54, 1.807) is 0 Å². The molecule has 4 nitrogen and oxygen atoms in total. The molecule has 0 aromatic rings. The normalized spacial score (nSPS) is 25.6. The summed E-state index contributed by atoms with van der Waals surface area (Å²) in [5, 5.41) is 2.67. The Kier molecular flexibility index (Phi) is 5.05. The summed E-state index contributed by atoms with van der Waals surface area (Å²) in [6.07, 6.45) is 4.38. The highest BCUT2D eigenvalue weighted by Gasteiger charge is 2.26. The first-order valence-electron chi connectivity index (χ1n) is 5.43. The standard InChI is InChI=1S/C10H18ClNO3S/c1-16(14,15)7-10(13)12-6-9-4-2-3-8(9)5-11/h8-9H,2-7H2,1H3,(H,12,13). The lowest BCUT2D eigenvalue weighted by Gasteiger charge is -2.17. The maximum Gasteiger partial charge on any atom is 0.235 e. The van der Waals surface area contributed by atoms with E-state index in [0.29, 0.717) is 24.3 Å². The molecule has 0 aliphatic heterocycles. The van der Waals surface area contributed by atoms with Crippen LogP contribution in [0.25, 0.3) is 0 Å². The molecule has 6 heteroatoms. The van der Waals surface area contributed by atoms with Gasteiger partial charge in [-0.2, -0.15) is 0 Å². The Bertz CT molecular complexity index is 342. The summed E-state index contributed by atoms with van der Waals surface area (Å²) < 4.78 is 21.8. The van der Waals surface area contributed by atoms with Gasteiger partial charge in [0.1, 0.15) is 5.75 Å². The summed E-state index contributed by atoms with van der Waals surface area (Å²) in [4.78, 5) is 11.3. The van der Waals surface area contributed by atoms with E-state index in [9.17, 15) is 13.2 Å². The van der Waals surface area contributed by atoms with Gasteiger partial charge < -0.3 is 5.32 Å². The van der Waals surface area contributed by atoms with Gasteiger partial charge in [0.15, 0.2) is 9.84 Å². The molecule has 0 aromatic carbocycles. The molecule has 94 valence electrons. The van der Waals surface area contributed by atoms with Crippen LogP contribution in [0, 0.1) is 11.8 Å². The number of halogens is 1. The smallest absolute Gasteiger partial charge is 0.235 e. The van der Waals surface area contributed by atoms with Crippen LogP contribution >= 0.6 is 11.6 Å². The molecule has 0 bridgehead atoms. The van der Waals surface area contributed by atoms with Crippen LogP contribution in [0.2, 0.25) is 0 Å². The lowest BCUT2D eigenvalue weighted by molar-refractivity contribution is -0.118. The third-order valence-electron chi connectivity index (χ3n) is 2.97. The first-order valence-corrected chi connectivity index (χ1v) is 8.02. The molecule has 1 fully saturated rings. The van der Waals surface area contributed by atoms with Crippen LogP contribution in [0.3, 0.4) is 0 Å². The van der Waals surface area contributed by atoms with Crippen molar-refractivity contribution in [2.24, 2.45) is 11.8 Å². The number of sulfone groups is 1. The average Bonchev–Trinajstić information content (AvgIpc) is 2.59. The fraction of sp³-hybridized carbons (Fsp3) is 0.900. The largest absolute Gasteiger partial charge is 0.355 e. The monoisotopic (exact) mass is 267 g/mol. The number of nitrogens with one attached hydrogen (secondary N) is 1. The minimum atomic E-state index is -3.23. The maximum absolute atomic E-state index is 11.3. The van der Waals surface area contributed by atoms with Gasteiger partial charge in [0.2, 0.25) is 5.91 Å². The molecule has 0 aromatic heterocycles. The average molecular weight is 268 g/mol. The Morgan fingerprint density at radius 2 is 2.00 bits per heavy atom. The second-order valence-corrected chi connectivity index (χ2v) is 6.93. The molecule has 1 amide bonds. The van der Waals surface area contributed by atoms with Gasteiger partial charge in [-0.1, -0.05) is 6.42 Å². The Morgan fingerprint density at radius 1 is 1.38 bits per heavy atom. The highest BCUT2D eigenvalue weighted by atomic mass is 35.5. The zero-order valence-electron chi connectivity index (χ0n) is 9.41. The van der Waals surface area contributed by atoms with Crippen LogP contribution in [0.5, 0.6) is 0 Å². The minimum absolute atomic E-state index is 0.404. The predicted octanol–water partition coefficient (Wildman–Crippen LogP) is 0.802. The fourth-order valence-corrected chi connectivity index (χ4v) is 3.10. The number of carbonyl (C=O) groups excluding carboxylic acids is 1. The van der Waals surface area contributed by atoms with Crippen LogP contribution in [0.4, 0.5) is 0 Å². The molecule has 0 heterocycles. The van der Waals surface area contributed by atoms with E-state index in [1.165, 1.54) is 0 Å². The van der Waals surface area contributed by atoms with Crippen LogP contribution in [-0.4, -0.2) is 38.8 Å². The lowest BCUT2D eigenvalue weighted by Crippen LogP contribution is -2.35. The number of hydrogen-bond acceptors (Lipinski definition) is 3. The van der Waals surface area contributed by atoms with Crippen molar-refractivity contribution in [1.29, 1.82) is 0 Å². The molecule has 0 saturated heterocycles. The zero-order chi connectivity index (χ0) is 12.2. The molecule has 2 unspecified atom stereocenters. The maximum atomic E-state index is 11.3. The van der Waals surface area contributed by atoms with Crippen molar-refractivity contribution in [1.82, 2.24) is 5.32 Å². The molecule has 1 rings (SSSR count).